The molecule has 58 heavy (non-hydrogen) atoms. The number of rotatable bonds is 16. The van der Waals surface area contributed by atoms with Crippen LogP contribution in [0.5, 0.6) is 0 Å². The maximum atomic E-state index is 15.9. The van der Waals surface area contributed by atoms with Gasteiger partial charge in [-0.25, -0.2) is 0 Å². The predicted molar refractivity (Wildman–Crippen MR) is 208 cm³/mol. The summed E-state index contributed by atoms with van der Waals surface area (Å²) in [7, 11) is -5.54. The van der Waals surface area contributed by atoms with Crippen LogP contribution < -0.4 is 21.3 Å². The van der Waals surface area contributed by atoms with Crippen molar-refractivity contribution >= 4 is 54.9 Å². The number of nitrogens with two attached hydrogens (primary N) is 1. The van der Waals surface area contributed by atoms with Crippen LogP contribution in [0.15, 0.2) is 48.5 Å². The van der Waals surface area contributed by atoms with Crippen molar-refractivity contribution in [1.82, 2.24) is 10.6 Å². The summed E-state index contributed by atoms with van der Waals surface area (Å²) in [6.07, 6.45) is 3.79. The zero-order chi connectivity index (χ0) is 43.2. The van der Waals surface area contributed by atoms with Crippen molar-refractivity contribution in [3.05, 3.63) is 70.8 Å². The highest BCUT2D eigenvalue weighted by molar-refractivity contribution is 7.54. The Morgan fingerprint density at radius 1 is 0.931 bits per heavy atom. The monoisotopic (exact) mass is 832 g/mol. The van der Waals surface area contributed by atoms with E-state index in [2.05, 4.69) is 10.6 Å². The Balaban J connectivity index is 1.46. The first kappa shape index (κ1) is 45.7. The molecule has 0 aromatic heterocycles. The van der Waals surface area contributed by atoms with Crippen LogP contribution in [0.25, 0.3) is 6.08 Å². The lowest BCUT2D eigenvalue weighted by atomic mass is 9.98. The summed E-state index contributed by atoms with van der Waals surface area (Å²) in [5, 5.41) is 5.56. The molecule has 2 aromatic carbocycles. The Bertz CT molecular complexity index is 1940. The third-order valence-electron chi connectivity index (χ3n) is 9.32. The number of amides is 4. The molecule has 0 saturated carbocycles. The van der Waals surface area contributed by atoms with Crippen LogP contribution in [0.2, 0.25) is 0 Å². The van der Waals surface area contributed by atoms with Crippen molar-refractivity contribution in [2.75, 3.05) is 18.5 Å². The molecule has 4 amide bonds. The number of esters is 2. The van der Waals surface area contributed by atoms with E-state index < -0.39 is 90.9 Å². The van der Waals surface area contributed by atoms with Crippen LogP contribution in [-0.4, -0.2) is 67.3 Å². The first-order valence-electron chi connectivity index (χ1n) is 18.7. The maximum absolute atomic E-state index is 15.9. The second-order valence-electron chi connectivity index (χ2n) is 16.2. The molecule has 2 heterocycles. The quantitative estimate of drug-likeness (QED) is 0.0864. The fourth-order valence-corrected chi connectivity index (χ4v) is 7.27. The van der Waals surface area contributed by atoms with E-state index in [0.717, 1.165) is 29.3 Å². The van der Waals surface area contributed by atoms with Gasteiger partial charge in [0.2, 0.25) is 37.2 Å². The highest BCUT2D eigenvalue weighted by atomic mass is 31.2. The normalized spacial score (nSPS) is 17.6. The van der Waals surface area contributed by atoms with Gasteiger partial charge in [0, 0.05) is 30.5 Å². The Hall–Kier alpha value is -4.99. The average molecular weight is 833 g/mol. The number of nitrogens with one attached hydrogen (secondary N) is 2. The van der Waals surface area contributed by atoms with Crippen LogP contribution in [0, 0.1) is 10.8 Å². The number of ether oxygens (including phenoxy) is 2. The SMILES string of the molecule is C[C@@H](CCC(N)=O)NC(=O)[C@@H]1Cc2cccc3c2N1C(=O)[C@@H](NC(=O)/C=C/c1ccc(C(F)(F)P(=O)(OCOC(=O)C(C)(C)C)OCOC(=O)C(C)(C)C)cc1)CC3. The van der Waals surface area contributed by atoms with Crippen molar-refractivity contribution in [3.63, 3.8) is 0 Å². The number of hydrogen-bond acceptors (Lipinski definition) is 11. The zero-order valence-electron chi connectivity index (χ0n) is 33.6. The van der Waals surface area contributed by atoms with E-state index in [1.165, 1.54) is 64.7 Å². The molecule has 0 fully saturated rings. The largest absolute Gasteiger partial charge is 0.438 e. The summed E-state index contributed by atoms with van der Waals surface area (Å²) in [6, 6.07) is 7.58. The Morgan fingerprint density at radius 2 is 1.50 bits per heavy atom. The van der Waals surface area contributed by atoms with E-state index in [9.17, 15) is 33.3 Å². The van der Waals surface area contributed by atoms with Crippen LogP contribution in [-0.2, 0) is 70.4 Å². The van der Waals surface area contributed by atoms with E-state index in [-0.39, 0.29) is 30.9 Å². The van der Waals surface area contributed by atoms with E-state index in [1.807, 2.05) is 18.2 Å². The predicted octanol–water partition coefficient (Wildman–Crippen LogP) is 5.23. The highest BCUT2D eigenvalue weighted by Crippen LogP contribution is 2.67. The standard InChI is InChI=1S/C40H51F2N4O11P/c1-24(11-19-31(43)47)44-34(49)30-21-27-10-8-9-26-15-18-29(35(50)46(30)33(26)27)45-32(48)20-14-25-12-16-28(17-13-25)40(41,42)58(53,56-22-54-36(51)38(2,3)4)57-23-55-37(52)39(5,6)7/h8-10,12-14,16-17,20,24,29-30H,11,15,18-19,21-23H2,1-7H3,(H2,43,47)(H,44,49)(H,45,48)/b20-14+/t24-,29-,30-/m0/s1. The van der Waals surface area contributed by atoms with Crippen molar-refractivity contribution in [1.29, 1.82) is 0 Å². The minimum Gasteiger partial charge on any atom is -0.438 e. The van der Waals surface area contributed by atoms with Gasteiger partial charge >= 0.3 is 25.2 Å². The molecule has 15 nitrogen and oxygen atoms in total. The van der Waals surface area contributed by atoms with Gasteiger partial charge in [0.05, 0.1) is 16.5 Å². The van der Waals surface area contributed by atoms with Gasteiger partial charge in [-0.3, -0.25) is 47.3 Å². The molecule has 0 spiro atoms. The zero-order valence-corrected chi connectivity index (χ0v) is 34.5. The molecule has 18 heteroatoms. The lowest BCUT2D eigenvalue weighted by molar-refractivity contribution is -0.163. The fourth-order valence-electron chi connectivity index (χ4n) is 6.02. The van der Waals surface area contributed by atoms with Crippen LogP contribution in [0.4, 0.5) is 14.5 Å². The number of alkyl halides is 2. The smallest absolute Gasteiger partial charge is 0.410 e. The molecular formula is C40H51F2N4O11P. The minimum atomic E-state index is -5.54. The lowest BCUT2D eigenvalue weighted by Gasteiger charge is -2.28. The number of carbonyl (C=O) groups excluding carboxylic acids is 6. The number of primary amides is 1. The minimum absolute atomic E-state index is 0.0825. The summed E-state index contributed by atoms with van der Waals surface area (Å²) in [6.45, 7) is 8.53. The topological polar surface area (TPSA) is 210 Å². The van der Waals surface area contributed by atoms with Gasteiger partial charge in [-0.05, 0) is 90.5 Å². The second-order valence-corrected chi connectivity index (χ2v) is 18.3. The Kier molecular flexibility index (Phi) is 14.4. The molecule has 2 aromatic rings. The number of benzene rings is 2. The first-order chi connectivity index (χ1) is 26.9. The van der Waals surface area contributed by atoms with E-state index in [1.54, 1.807) is 6.92 Å². The Morgan fingerprint density at radius 3 is 2.05 bits per heavy atom. The van der Waals surface area contributed by atoms with Gasteiger partial charge < -0.3 is 25.8 Å². The molecule has 0 bridgehead atoms. The van der Waals surface area contributed by atoms with Gasteiger partial charge in [-0.1, -0.05) is 42.5 Å². The molecule has 2 aliphatic rings. The molecule has 2 aliphatic heterocycles. The second kappa shape index (κ2) is 18.3. The molecule has 3 atom stereocenters. The number of para-hydroxylation sites is 1. The van der Waals surface area contributed by atoms with Crippen LogP contribution in [0.1, 0.15) is 90.0 Å². The average Bonchev–Trinajstić information content (AvgIpc) is 3.48. The summed E-state index contributed by atoms with van der Waals surface area (Å²) in [5.41, 5.74) is 0.623. The van der Waals surface area contributed by atoms with Crippen LogP contribution >= 0.6 is 7.60 Å². The van der Waals surface area contributed by atoms with Crippen molar-refractivity contribution in [2.24, 2.45) is 16.6 Å². The van der Waals surface area contributed by atoms with Gasteiger partial charge in [-0.15, -0.1) is 0 Å². The molecule has 316 valence electrons. The number of anilines is 1. The third kappa shape index (κ3) is 11.1. The van der Waals surface area contributed by atoms with Crippen molar-refractivity contribution < 1.29 is 60.6 Å². The van der Waals surface area contributed by atoms with E-state index in [4.69, 9.17) is 24.3 Å². The number of carbonyl (C=O) groups is 6. The first-order valence-corrected chi connectivity index (χ1v) is 20.2. The van der Waals surface area contributed by atoms with E-state index >= 15 is 8.78 Å². The van der Waals surface area contributed by atoms with Gasteiger partial charge in [0.15, 0.2) is 0 Å². The van der Waals surface area contributed by atoms with Gasteiger partial charge in [-0.2, -0.15) is 8.78 Å². The van der Waals surface area contributed by atoms with Crippen molar-refractivity contribution in [2.45, 2.75) is 104 Å². The fraction of sp³-hybridized carbons (Fsp3) is 0.500. The molecule has 4 N–H and O–H groups in total. The summed E-state index contributed by atoms with van der Waals surface area (Å²) in [5.74, 6) is -3.69. The lowest BCUT2D eigenvalue weighted by Crippen LogP contribution is -2.55. The summed E-state index contributed by atoms with van der Waals surface area (Å²) < 4.78 is 64.9. The van der Waals surface area contributed by atoms with Gasteiger partial charge in [0.25, 0.3) is 0 Å². The molecule has 0 radical (unpaired) electrons. The van der Waals surface area contributed by atoms with E-state index in [0.29, 0.717) is 18.5 Å². The molecule has 0 saturated heterocycles. The number of nitrogens with zero attached hydrogens (tertiary/aromatic N) is 1. The third-order valence-corrected chi connectivity index (χ3v) is 11.2. The van der Waals surface area contributed by atoms with Crippen LogP contribution in [0.3, 0.4) is 0 Å². The molecule has 4 rings (SSSR count). The Labute approximate surface area is 335 Å². The molecule has 0 unspecified atom stereocenters. The number of hydrogen-bond donors (Lipinski definition) is 3. The molecule has 0 aliphatic carbocycles. The number of halogens is 2. The summed E-state index contributed by atoms with van der Waals surface area (Å²) in [4.78, 5) is 77.6. The number of aryl methyl sites for hydroxylation is 1. The van der Waals surface area contributed by atoms with Crippen molar-refractivity contribution in [3.8, 4) is 0 Å². The maximum Gasteiger partial charge on any atom is 0.410 e. The highest BCUT2D eigenvalue weighted by Gasteiger charge is 2.56. The van der Waals surface area contributed by atoms with Gasteiger partial charge in [0.1, 0.15) is 12.1 Å². The molecular weight excluding hydrogens is 781 g/mol. The summed E-state index contributed by atoms with van der Waals surface area (Å²) >= 11 is 0.